The van der Waals surface area contributed by atoms with Gasteiger partial charge in [-0.25, -0.2) is 0 Å². The summed E-state index contributed by atoms with van der Waals surface area (Å²) in [5, 5.41) is 0. The van der Waals surface area contributed by atoms with Crippen LogP contribution >= 0.6 is 0 Å². The van der Waals surface area contributed by atoms with Gasteiger partial charge in [0.05, 0.1) is 28.2 Å². The van der Waals surface area contributed by atoms with E-state index in [1.54, 1.807) is 0 Å². The van der Waals surface area contributed by atoms with Crippen LogP contribution in [0.4, 0.5) is 0 Å². The summed E-state index contributed by atoms with van der Waals surface area (Å²) < 4.78 is 17.8. The summed E-state index contributed by atoms with van der Waals surface area (Å²) in [7, 11) is 8.50. The number of hydrogen-bond donors (Lipinski definition) is 0. The maximum Gasteiger partial charge on any atom is 0.170 e. The van der Waals surface area contributed by atoms with E-state index >= 15 is 0 Å². The Labute approximate surface area is 57.3 Å². The van der Waals surface area contributed by atoms with Gasteiger partial charge in [0.15, 0.2) is 15.5 Å². The highest BCUT2D eigenvalue weighted by molar-refractivity contribution is 3.87. The molecule has 0 amide bonds. The predicted molar refractivity (Wildman–Crippen MR) is 24.0 cm³/mol. The minimum atomic E-state index is -1.44. The fourth-order valence-electron chi connectivity index (χ4n) is 0. The largest absolute Gasteiger partial charge is 0.585 e. The predicted octanol–water partition coefficient (Wildman–Crippen LogP) is -2.06. The van der Waals surface area contributed by atoms with Crippen LogP contribution in [0.15, 0.2) is 0 Å². The fourth-order valence-corrected chi connectivity index (χ4v) is 0. The lowest BCUT2D eigenvalue weighted by Gasteiger charge is -2.14. The molecular formula is C4H12BrNO2. The molecule has 0 aliphatic carbocycles. The molecule has 0 aliphatic rings. The first kappa shape index (κ1) is 11.2. The van der Waals surface area contributed by atoms with E-state index in [2.05, 4.69) is 28.2 Å². The molecule has 0 rings (SSSR count). The molecule has 0 aromatic carbocycles. The monoisotopic (exact) mass is 185 g/mol. The Morgan fingerprint density at radius 3 is 1.00 bits per heavy atom. The second kappa shape index (κ2) is 5.50. The third kappa shape index (κ3) is 1410. The highest BCUT2D eigenvalue weighted by atomic mass is 79.9. The van der Waals surface area contributed by atoms with Crippen LogP contribution in [0.1, 0.15) is 0 Å². The first-order chi connectivity index (χ1) is 3.41. The van der Waals surface area contributed by atoms with Crippen LogP contribution in [0.25, 0.3) is 0 Å². The van der Waals surface area contributed by atoms with Gasteiger partial charge in [-0.05, 0) is 0 Å². The molecule has 0 heterocycles. The van der Waals surface area contributed by atoms with Gasteiger partial charge in [0.1, 0.15) is 0 Å². The lowest BCUT2D eigenvalue weighted by Crippen LogP contribution is -2.27. The van der Waals surface area contributed by atoms with Crippen molar-refractivity contribution in [2.24, 2.45) is 0 Å². The fraction of sp³-hybridized carbons (Fsp3) is 1.00. The van der Waals surface area contributed by atoms with Crippen molar-refractivity contribution in [3.63, 3.8) is 0 Å². The topological polar surface area (TPSA) is 46.1 Å². The first-order valence-corrected chi connectivity index (χ1v) is 3.39. The van der Waals surface area contributed by atoms with Crippen LogP contribution in [0.5, 0.6) is 0 Å². The van der Waals surface area contributed by atoms with Crippen molar-refractivity contribution in [2.45, 2.75) is 0 Å². The molecule has 0 aromatic heterocycles. The maximum atomic E-state index is 8.41. The molecule has 0 atom stereocenters. The average molecular weight is 186 g/mol. The van der Waals surface area contributed by atoms with E-state index in [9.17, 15) is 0 Å². The summed E-state index contributed by atoms with van der Waals surface area (Å²) in [6.45, 7) is 0. The summed E-state index contributed by atoms with van der Waals surface area (Å²) in [6.07, 6.45) is 0. The molecule has 3 nitrogen and oxygen atoms in total. The van der Waals surface area contributed by atoms with Crippen LogP contribution in [0, 0.1) is 15.5 Å². The molecule has 0 unspecified atom stereocenters. The van der Waals surface area contributed by atoms with Crippen molar-refractivity contribution in [1.82, 2.24) is 0 Å². The second-order valence-electron chi connectivity index (χ2n) is 2.75. The van der Waals surface area contributed by atoms with E-state index in [0.717, 1.165) is 4.48 Å². The molecular weight excluding hydrogens is 174 g/mol. The highest BCUT2D eigenvalue weighted by Crippen LogP contribution is 1.73. The minimum absolute atomic E-state index is 1.00. The van der Waals surface area contributed by atoms with Crippen molar-refractivity contribution in [3.8, 4) is 0 Å². The third-order valence-electron chi connectivity index (χ3n) is 0. The van der Waals surface area contributed by atoms with Gasteiger partial charge >= 0.3 is 0 Å². The smallest absolute Gasteiger partial charge is 0.170 e. The molecule has 0 fully saturated rings. The molecule has 0 saturated carbocycles. The Kier molecular flexibility index (Phi) is 7.69. The van der Waals surface area contributed by atoms with Gasteiger partial charge in [0.2, 0.25) is 0 Å². The number of rotatable bonds is 0. The van der Waals surface area contributed by atoms with E-state index in [4.69, 9.17) is 8.40 Å². The third-order valence-corrected chi connectivity index (χ3v) is 0. The van der Waals surface area contributed by atoms with E-state index in [1.807, 2.05) is 0 Å². The Bertz CT molecular complexity index is 37.8. The van der Waals surface area contributed by atoms with Crippen LogP contribution in [0.2, 0.25) is 0 Å². The van der Waals surface area contributed by atoms with Gasteiger partial charge in [0, 0.05) is 0 Å². The summed E-state index contributed by atoms with van der Waals surface area (Å²) in [5.74, 6) is 0. The lowest BCUT2D eigenvalue weighted by atomic mass is 10.8. The number of quaternary nitrogens is 1. The van der Waals surface area contributed by atoms with E-state index in [-0.39, 0.29) is 0 Å². The van der Waals surface area contributed by atoms with Crippen LogP contribution in [-0.4, -0.2) is 32.7 Å². The van der Waals surface area contributed by atoms with E-state index < -0.39 is 15.5 Å². The van der Waals surface area contributed by atoms with Gasteiger partial charge in [-0.2, -0.15) is 0 Å². The number of nitrogens with zero attached hydrogens (tertiary/aromatic N) is 1. The van der Waals surface area contributed by atoms with Crippen LogP contribution in [0.3, 0.4) is 0 Å². The zero-order valence-electron chi connectivity index (χ0n) is 5.64. The second-order valence-corrected chi connectivity index (χ2v) is 3.01. The van der Waals surface area contributed by atoms with Gasteiger partial charge < -0.3 is 12.9 Å². The molecule has 0 spiro atoms. The Balaban J connectivity index is 0. The van der Waals surface area contributed by atoms with Crippen LogP contribution < -0.4 is 8.40 Å². The maximum absolute atomic E-state index is 8.41. The lowest BCUT2D eigenvalue weighted by molar-refractivity contribution is -1.41. The Morgan fingerprint density at radius 1 is 1.00 bits per heavy atom. The molecule has 0 N–H and O–H groups in total. The number of hydrogen-bond acceptors (Lipinski definition) is 2. The van der Waals surface area contributed by atoms with Crippen molar-refractivity contribution < 1.29 is 28.4 Å². The number of halogens is 1. The summed E-state index contributed by atoms with van der Waals surface area (Å²) in [5.41, 5.74) is 0. The Morgan fingerprint density at radius 2 is 1.00 bits per heavy atom. The van der Waals surface area contributed by atoms with Gasteiger partial charge in [-0.15, -0.1) is 0 Å². The molecule has 0 saturated heterocycles. The van der Waals surface area contributed by atoms with Gasteiger partial charge in [0.25, 0.3) is 0 Å². The molecule has 0 aromatic rings. The quantitative estimate of drug-likeness (QED) is 0.408. The average Bonchev–Trinajstić information content (AvgIpc) is 1.27. The van der Waals surface area contributed by atoms with Gasteiger partial charge in [-0.3, -0.25) is 0 Å². The van der Waals surface area contributed by atoms with Gasteiger partial charge in [-0.1, -0.05) is 0 Å². The molecule has 52 valence electrons. The van der Waals surface area contributed by atoms with Crippen molar-refractivity contribution in [1.29, 1.82) is 0 Å². The van der Waals surface area contributed by atoms with Crippen molar-refractivity contribution in [2.75, 3.05) is 28.2 Å². The molecule has 0 bridgehead atoms. The first-order valence-electron chi connectivity index (χ1n) is 2.10. The van der Waals surface area contributed by atoms with Crippen LogP contribution in [-0.2, 0) is 0 Å². The standard InChI is InChI=1S/C4H12N.BrO2/c1-5(2,3)4;2-1-3/h1-4H3;/q+1;-1. The summed E-state index contributed by atoms with van der Waals surface area (Å²) in [6, 6.07) is 0. The molecule has 4 heteroatoms. The Hall–Kier alpha value is 0.360. The SMILES string of the molecule is C[N+](C)(C)C.[O-][Br+][O-]. The molecule has 0 aliphatic heterocycles. The highest BCUT2D eigenvalue weighted by Gasteiger charge is 1.88. The summed E-state index contributed by atoms with van der Waals surface area (Å²) >= 11 is -1.44. The van der Waals surface area contributed by atoms with E-state index in [0.29, 0.717) is 0 Å². The normalized spacial score (nSPS) is 9.75. The van der Waals surface area contributed by atoms with Crippen molar-refractivity contribution in [3.05, 3.63) is 0 Å². The minimum Gasteiger partial charge on any atom is -0.585 e. The zero-order valence-corrected chi connectivity index (χ0v) is 7.23. The summed E-state index contributed by atoms with van der Waals surface area (Å²) in [4.78, 5) is 0. The molecule has 0 radical (unpaired) electrons. The van der Waals surface area contributed by atoms with E-state index in [1.165, 1.54) is 0 Å². The van der Waals surface area contributed by atoms with Crippen molar-refractivity contribution >= 4 is 0 Å². The molecule has 8 heavy (non-hydrogen) atoms. The zero-order chi connectivity index (χ0) is 7.21.